The molecule has 0 unspecified atom stereocenters. The minimum absolute atomic E-state index is 0.247. The van der Waals surface area contributed by atoms with E-state index in [1.54, 1.807) is 60.7 Å². The second kappa shape index (κ2) is 8.62. The van der Waals surface area contributed by atoms with Gasteiger partial charge in [0.05, 0.1) is 0 Å². The van der Waals surface area contributed by atoms with E-state index in [0.717, 1.165) is 18.2 Å². The molecular formula is C22H17F2NO4. The van der Waals surface area contributed by atoms with Gasteiger partial charge in [-0.15, -0.1) is 0 Å². The van der Waals surface area contributed by atoms with E-state index in [-0.39, 0.29) is 11.1 Å². The maximum absolute atomic E-state index is 13.6. The maximum atomic E-state index is 13.6. The Labute approximate surface area is 165 Å². The molecule has 0 atom stereocenters. The molecule has 3 rings (SSSR count). The number of aliphatic hydroxyl groups is 1. The summed E-state index contributed by atoms with van der Waals surface area (Å²) in [7, 11) is 0. The Morgan fingerprint density at radius 1 is 0.828 bits per heavy atom. The highest BCUT2D eigenvalue weighted by molar-refractivity contribution is 5.94. The lowest BCUT2D eigenvalue weighted by atomic mass is 9.86. The molecule has 0 radical (unpaired) electrons. The molecule has 0 aromatic heterocycles. The molecule has 5 nitrogen and oxygen atoms in total. The minimum Gasteiger partial charge on any atom is -0.453 e. The van der Waals surface area contributed by atoms with Gasteiger partial charge in [0.2, 0.25) is 5.60 Å². The topological polar surface area (TPSA) is 75.6 Å². The van der Waals surface area contributed by atoms with Gasteiger partial charge in [0.1, 0.15) is 17.3 Å². The molecule has 0 saturated carbocycles. The molecule has 7 heteroatoms. The fourth-order valence-corrected chi connectivity index (χ4v) is 2.79. The van der Waals surface area contributed by atoms with Crippen LogP contribution in [0.25, 0.3) is 0 Å². The molecule has 0 aliphatic heterocycles. The van der Waals surface area contributed by atoms with Gasteiger partial charge in [-0.3, -0.25) is 4.79 Å². The highest BCUT2D eigenvalue weighted by atomic mass is 19.1. The van der Waals surface area contributed by atoms with Crippen molar-refractivity contribution in [1.29, 1.82) is 0 Å². The average Bonchev–Trinajstić information content (AvgIpc) is 2.75. The number of para-hydroxylation sites is 1. The van der Waals surface area contributed by atoms with Crippen molar-refractivity contribution >= 4 is 17.6 Å². The lowest BCUT2D eigenvalue weighted by Crippen LogP contribution is -2.40. The van der Waals surface area contributed by atoms with Crippen LogP contribution in [0.3, 0.4) is 0 Å². The van der Waals surface area contributed by atoms with Crippen LogP contribution in [0.4, 0.5) is 14.5 Å². The van der Waals surface area contributed by atoms with Crippen molar-refractivity contribution in [3.05, 3.63) is 102 Å². The van der Waals surface area contributed by atoms with Gasteiger partial charge in [-0.25, -0.2) is 13.6 Å². The SMILES string of the molecule is O=C(COC(=O)C(O)(c1ccccc1)c1ccccc1)Nc1c(F)cccc1F. The summed E-state index contributed by atoms with van der Waals surface area (Å²) < 4.78 is 32.3. The van der Waals surface area contributed by atoms with Crippen LogP contribution in [0.1, 0.15) is 11.1 Å². The van der Waals surface area contributed by atoms with Crippen LogP contribution >= 0.6 is 0 Å². The lowest BCUT2D eigenvalue weighted by molar-refractivity contribution is -0.163. The molecular weight excluding hydrogens is 380 g/mol. The molecule has 1 amide bonds. The number of benzene rings is 3. The number of hydrogen-bond donors (Lipinski definition) is 2. The Hall–Kier alpha value is -3.58. The number of carbonyl (C=O) groups is 2. The summed E-state index contributed by atoms with van der Waals surface area (Å²) in [6.07, 6.45) is 0. The molecule has 0 fully saturated rings. The smallest absolute Gasteiger partial charge is 0.348 e. The number of rotatable bonds is 6. The van der Waals surface area contributed by atoms with E-state index in [1.807, 2.05) is 5.32 Å². The monoisotopic (exact) mass is 397 g/mol. The Kier molecular flexibility index (Phi) is 5.99. The van der Waals surface area contributed by atoms with Crippen molar-refractivity contribution in [1.82, 2.24) is 0 Å². The van der Waals surface area contributed by atoms with Crippen LogP contribution in [-0.2, 0) is 19.9 Å². The summed E-state index contributed by atoms with van der Waals surface area (Å²) in [5.74, 6) is -3.98. The lowest BCUT2D eigenvalue weighted by Gasteiger charge is -2.27. The Bertz CT molecular complexity index is 950. The van der Waals surface area contributed by atoms with E-state index < -0.39 is 41.4 Å². The van der Waals surface area contributed by atoms with Crippen molar-refractivity contribution in [3.8, 4) is 0 Å². The molecule has 0 aliphatic carbocycles. The van der Waals surface area contributed by atoms with E-state index >= 15 is 0 Å². The van der Waals surface area contributed by atoms with Crippen LogP contribution in [0.2, 0.25) is 0 Å². The summed E-state index contributed by atoms with van der Waals surface area (Å²) in [6, 6.07) is 19.3. The van der Waals surface area contributed by atoms with Crippen molar-refractivity contribution in [2.75, 3.05) is 11.9 Å². The third-order valence-corrected chi connectivity index (χ3v) is 4.24. The fourth-order valence-electron chi connectivity index (χ4n) is 2.79. The number of anilines is 1. The first-order valence-corrected chi connectivity index (χ1v) is 8.67. The molecule has 3 aromatic carbocycles. The van der Waals surface area contributed by atoms with Gasteiger partial charge >= 0.3 is 5.97 Å². The summed E-state index contributed by atoms with van der Waals surface area (Å²) in [5.41, 5.74) is -2.31. The predicted octanol–water partition coefficient (Wildman–Crippen LogP) is 3.38. The van der Waals surface area contributed by atoms with Gasteiger partial charge in [0.15, 0.2) is 6.61 Å². The zero-order valence-electron chi connectivity index (χ0n) is 15.1. The standard InChI is InChI=1S/C22H17F2NO4/c23-17-12-7-13-18(24)20(17)25-19(26)14-29-21(27)22(28,15-8-3-1-4-9-15)16-10-5-2-6-11-16/h1-13,28H,14H2,(H,25,26). The van der Waals surface area contributed by atoms with Crippen LogP contribution < -0.4 is 5.32 Å². The van der Waals surface area contributed by atoms with E-state index in [0.29, 0.717) is 0 Å². The molecule has 0 heterocycles. The molecule has 0 aliphatic rings. The zero-order chi connectivity index (χ0) is 20.9. The molecule has 2 N–H and O–H groups in total. The molecule has 0 spiro atoms. The van der Waals surface area contributed by atoms with Gasteiger partial charge in [-0.2, -0.15) is 0 Å². The number of halogens is 2. The van der Waals surface area contributed by atoms with E-state index in [4.69, 9.17) is 4.74 Å². The quantitative estimate of drug-likeness (QED) is 0.626. The first kappa shape index (κ1) is 20.2. The number of ether oxygens (including phenoxy) is 1. The van der Waals surface area contributed by atoms with Crippen molar-refractivity contribution < 1.29 is 28.2 Å². The van der Waals surface area contributed by atoms with Gasteiger partial charge in [0, 0.05) is 0 Å². The van der Waals surface area contributed by atoms with Crippen LogP contribution in [-0.4, -0.2) is 23.6 Å². The molecule has 3 aromatic rings. The second-order valence-corrected chi connectivity index (χ2v) is 6.16. The average molecular weight is 397 g/mol. The Morgan fingerprint density at radius 2 is 1.31 bits per heavy atom. The molecule has 148 valence electrons. The fraction of sp³-hybridized carbons (Fsp3) is 0.0909. The Balaban J connectivity index is 1.78. The molecule has 0 bridgehead atoms. The first-order valence-electron chi connectivity index (χ1n) is 8.67. The van der Waals surface area contributed by atoms with E-state index in [2.05, 4.69) is 0 Å². The first-order chi connectivity index (χ1) is 13.9. The largest absolute Gasteiger partial charge is 0.453 e. The van der Waals surface area contributed by atoms with Gasteiger partial charge in [-0.1, -0.05) is 66.7 Å². The summed E-state index contributed by atoms with van der Waals surface area (Å²) >= 11 is 0. The summed E-state index contributed by atoms with van der Waals surface area (Å²) in [4.78, 5) is 24.8. The van der Waals surface area contributed by atoms with Crippen molar-refractivity contribution in [3.63, 3.8) is 0 Å². The maximum Gasteiger partial charge on any atom is 0.348 e. The van der Waals surface area contributed by atoms with Crippen LogP contribution in [0.5, 0.6) is 0 Å². The Morgan fingerprint density at radius 3 is 1.79 bits per heavy atom. The number of nitrogens with one attached hydrogen (secondary N) is 1. The number of esters is 1. The minimum atomic E-state index is -2.16. The normalized spacial score (nSPS) is 11.0. The van der Waals surface area contributed by atoms with Crippen LogP contribution in [0.15, 0.2) is 78.9 Å². The van der Waals surface area contributed by atoms with Gasteiger partial charge in [0.25, 0.3) is 5.91 Å². The highest BCUT2D eigenvalue weighted by Crippen LogP contribution is 2.31. The number of hydrogen-bond acceptors (Lipinski definition) is 4. The predicted molar refractivity (Wildman–Crippen MR) is 102 cm³/mol. The van der Waals surface area contributed by atoms with Crippen LogP contribution in [0, 0.1) is 11.6 Å². The third-order valence-electron chi connectivity index (χ3n) is 4.24. The third kappa shape index (κ3) is 4.30. The summed E-state index contributed by atoms with van der Waals surface area (Å²) in [5, 5.41) is 13.2. The molecule has 29 heavy (non-hydrogen) atoms. The highest BCUT2D eigenvalue weighted by Gasteiger charge is 2.41. The van der Waals surface area contributed by atoms with E-state index in [1.165, 1.54) is 0 Å². The van der Waals surface area contributed by atoms with Crippen molar-refractivity contribution in [2.24, 2.45) is 0 Å². The van der Waals surface area contributed by atoms with Crippen molar-refractivity contribution in [2.45, 2.75) is 5.60 Å². The summed E-state index contributed by atoms with van der Waals surface area (Å²) in [6.45, 7) is -0.839. The van der Waals surface area contributed by atoms with Gasteiger partial charge in [-0.05, 0) is 23.3 Å². The molecule has 0 saturated heterocycles. The van der Waals surface area contributed by atoms with Gasteiger partial charge < -0.3 is 15.2 Å². The zero-order valence-corrected chi connectivity index (χ0v) is 15.1. The second-order valence-electron chi connectivity index (χ2n) is 6.16. The number of carbonyl (C=O) groups excluding carboxylic acids is 2. The number of amides is 1. The van der Waals surface area contributed by atoms with E-state index in [9.17, 15) is 23.5 Å².